The average molecular weight is 293 g/mol. The van der Waals surface area contributed by atoms with E-state index in [1.807, 2.05) is 0 Å². The fraction of sp³-hybridized carbons (Fsp3) is 0.941. The minimum atomic E-state index is 0.368. The summed E-state index contributed by atoms with van der Waals surface area (Å²) in [5, 5.41) is 0. The number of amides is 1. The Morgan fingerprint density at radius 1 is 0.952 bits per heavy atom. The van der Waals surface area contributed by atoms with E-state index < -0.39 is 0 Å². The maximum absolute atomic E-state index is 12.8. The summed E-state index contributed by atoms with van der Waals surface area (Å²) >= 11 is 0. The highest BCUT2D eigenvalue weighted by Crippen LogP contribution is 2.35. The van der Waals surface area contributed by atoms with Crippen molar-refractivity contribution in [2.24, 2.45) is 11.7 Å². The molecule has 3 aliphatic rings. The lowest BCUT2D eigenvalue weighted by Gasteiger charge is -2.45. The van der Waals surface area contributed by atoms with Gasteiger partial charge in [-0.3, -0.25) is 9.69 Å². The van der Waals surface area contributed by atoms with Crippen LogP contribution in [0.4, 0.5) is 0 Å². The van der Waals surface area contributed by atoms with Crippen molar-refractivity contribution >= 4 is 5.91 Å². The second kappa shape index (κ2) is 7.10. The quantitative estimate of drug-likeness (QED) is 0.865. The van der Waals surface area contributed by atoms with Gasteiger partial charge in [0.1, 0.15) is 0 Å². The first-order valence-corrected chi connectivity index (χ1v) is 9.03. The topological polar surface area (TPSA) is 49.6 Å². The summed E-state index contributed by atoms with van der Waals surface area (Å²) in [5.41, 5.74) is 5.89. The second-order valence-corrected chi connectivity index (χ2v) is 7.20. The van der Waals surface area contributed by atoms with Gasteiger partial charge in [0.25, 0.3) is 0 Å². The molecular weight excluding hydrogens is 262 g/mol. The van der Waals surface area contributed by atoms with Gasteiger partial charge in [0.05, 0.1) is 6.54 Å². The van der Waals surface area contributed by atoms with Gasteiger partial charge in [-0.25, -0.2) is 0 Å². The molecule has 21 heavy (non-hydrogen) atoms. The fourth-order valence-electron chi connectivity index (χ4n) is 4.73. The normalized spacial score (nSPS) is 34.5. The van der Waals surface area contributed by atoms with E-state index in [0.29, 0.717) is 31.1 Å². The van der Waals surface area contributed by atoms with Gasteiger partial charge in [-0.15, -0.1) is 0 Å². The molecule has 2 saturated heterocycles. The van der Waals surface area contributed by atoms with Crippen LogP contribution in [0.5, 0.6) is 0 Å². The molecule has 3 rings (SSSR count). The Bertz CT molecular complexity index is 358. The van der Waals surface area contributed by atoms with Crippen LogP contribution in [0.2, 0.25) is 0 Å². The Morgan fingerprint density at radius 3 is 2.57 bits per heavy atom. The number of hydrogen-bond donors (Lipinski definition) is 1. The van der Waals surface area contributed by atoms with Gasteiger partial charge in [0.2, 0.25) is 5.91 Å². The smallest absolute Gasteiger partial charge is 0.237 e. The Kier molecular flexibility index (Phi) is 5.17. The molecule has 0 aromatic heterocycles. The minimum absolute atomic E-state index is 0.368. The molecule has 2 N–H and O–H groups in total. The number of nitrogens with zero attached hydrogens (tertiary/aromatic N) is 2. The Morgan fingerprint density at radius 2 is 1.71 bits per heavy atom. The van der Waals surface area contributed by atoms with Gasteiger partial charge in [0, 0.05) is 25.2 Å². The van der Waals surface area contributed by atoms with E-state index in [2.05, 4.69) is 9.80 Å². The van der Waals surface area contributed by atoms with E-state index in [4.69, 9.17) is 5.73 Å². The average Bonchev–Trinajstić information content (AvgIpc) is 2.54. The molecule has 0 bridgehead atoms. The van der Waals surface area contributed by atoms with Crippen LogP contribution in [-0.2, 0) is 4.79 Å². The molecule has 0 spiro atoms. The largest absolute Gasteiger partial charge is 0.338 e. The Balaban J connectivity index is 1.60. The Hall–Kier alpha value is -0.610. The summed E-state index contributed by atoms with van der Waals surface area (Å²) < 4.78 is 0. The van der Waals surface area contributed by atoms with Crippen molar-refractivity contribution in [2.45, 2.75) is 69.9 Å². The number of carbonyl (C=O) groups excluding carboxylic acids is 1. The number of nitrogens with two attached hydrogens (primary N) is 1. The number of piperidine rings is 2. The van der Waals surface area contributed by atoms with E-state index in [1.54, 1.807) is 0 Å². The van der Waals surface area contributed by atoms with Crippen LogP contribution in [0, 0.1) is 5.92 Å². The summed E-state index contributed by atoms with van der Waals surface area (Å²) in [5.74, 6) is 1.15. The van der Waals surface area contributed by atoms with E-state index in [0.717, 1.165) is 25.4 Å². The number of carbonyl (C=O) groups is 1. The van der Waals surface area contributed by atoms with Crippen molar-refractivity contribution in [3.63, 3.8) is 0 Å². The molecule has 1 aliphatic carbocycles. The molecular formula is C17H31N3O. The van der Waals surface area contributed by atoms with E-state index >= 15 is 0 Å². The van der Waals surface area contributed by atoms with Crippen LogP contribution < -0.4 is 5.73 Å². The first-order valence-electron chi connectivity index (χ1n) is 9.03. The van der Waals surface area contributed by atoms with Crippen molar-refractivity contribution in [1.82, 2.24) is 9.80 Å². The second-order valence-electron chi connectivity index (χ2n) is 7.20. The van der Waals surface area contributed by atoms with Crippen LogP contribution in [0.3, 0.4) is 0 Å². The predicted molar refractivity (Wildman–Crippen MR) is 85.0 cm³/mol. The Labute approximate surface area is 129 Å². The van der Waals surface area contributed by atoms with E-state index in [-0.39, 0.29) is 0 Å². The van der Waals surface area contributed by atoms with Crippen LogP contribution in [0.15, 0.2) is 0 Å². The highest BCUT2D eigenvalue weighted by molar-refractivity contribution is 5.78. The zero-order valence-corrected chi connectivity index (χ0v) is 13.3. The first kappa shape index (κ1) is 15.3. The lowest BCUT2D eigenvalue weighted by Crippen LogP contribution is -2.54. The monoisotopic (exact) mass is 293 g/mol. The van der Waals surface area contributed by atoms with E-state index in [1.165, 1.54) is 51.4 Å². The number of hydrogen-bond acceptors (Lipinski definition) is 3. The van der Waals surface area contributed by atoms with Crippen LogP contribution in [-0.4, -0.2) is 54.0 Å². The van der Waals surface area contributed by atoms with Gasteiger partial charge in [-0.1, -0.05) is 19.3 Å². The number of likely N-dealkylation sites (tertiary alicyclic amines) is 2. The molecule has 0 radical (unpaired) electrons. The van der Waals surface area contributed by atoms with Gasteiger partial charge < -0.3 is 10.6 Å². The third-order valence-corrected chi connectivity index (χ3v) is 5.92. The minimum Gasteiger partial charge on any atom is -0.338 e. The lowest BCUT2D eigenvalue weighted by molar-refractivity contribution is -0.139. The zero-order chi connectivity index (χ0) is 14.7. The third kappa shape index (κ3) is 3.42. The maximum atomic E-state index is 12.8. The molecule has 3 fully saturated rings. The summed E-state index contributed by atoms with van der Waals surface area (Å²) in [4.78, 5) is 17.4. The maximum Gasteiger partial charge on any atom is 0.237 e. The third-order valence-electron chi connectivity index (χ3n) is 5.92. The van der Waals surface area contributed by atoms with Crippen molar-refractivity contribution in [2.75, 3.05) is 26.2 Å². The molecule has 2 heterocycles. The predicted octanol–water partition coefficient (Wildman–Crippen LogP) is 1.98. The van der Waals surface area contributed by atoms with Crippen molar-refractivity contribution in [3.8, 4) is 0 Å². The molecule has 2 aliphatic heterocycles. The summed E-state index contributed by atoms with van der Waals surface area (Å²) in [6.45, 7) is 3.33. The van der Waals surface area contributed by atoms with Gasteiger partial charge >= 0.3 is 0 Å². The molecule has 1 amide bonds. The molecule has 0 aromatic carbocycles. The highest BCUT2D eigenvalue weighted by Gasteiger charge is 2.36. The molecule has 4 heteroatoms. The zero-order valence-electron chi connectivity index (χ0n) is 13.3. The first-order chi connectivity index (χ1) is 10.3. The summed E-state index contributed by atoms with van der Waals surface area (Å²) in [6, 6.07) is 0.968. The molecule has 3 atom stereocenters. The van der Waals surface area contributed by atoms with Gasteiger partial charge in [0.15, 0.2) is 0 Å². The number of rotatable bonds is 3. The number of fused-ring (bicyclic) bond motifs is 1. The molecule has 1 saturated carbocycles. The standard InChI is InChI=1S/C17H31N3O/c18-12-15-8-3-4-10-19(15)13-17(21)20-11-5-7-14-6-1-2-9-16(14)20/h14-16H,1-13,18H2. The highest BCUT2D eigenvalue weighted by atomic mass is 16.2. The summed E-state index contributed by atoms with van der Waals surface area (Å²) in [7, 11) is 0. The molecule has 120 valence electrons. The molecule has 4 nitrogen and oxygen atoms in total. The molecule has 3 unspecified atom stereocenters. The van der Waals surface area contributed by atoms with Crippen LogP contribution >= 0.6 is 0 Å². The van der Waals surface area contributed by atoms with Crippen molar-refractivity contribution < 1.29 is 4.79 Å². The van der Waals surface area contributed by atoms with Crippen molar-refractivity contribution in [3.05, 3.63) is 0 Å². The van der Waals surface area contributed by atoms with Crippen LogP contribution in [0.1, 0.15) is 57.8 Å². The summed E-state index contributed by atoms with van der Waals surface area (Å²) in [6.07, 6.45) is 11.4. The SMILES string of the molecule is NCC1CCCCN1CC(=O)N1CCCC2CCCCC21. The van der Waals surface area contributed by atoms with Gasteiger partial charge in [-0.05, 0) is 51.0 Å². The van der Waals surface area contributed by atoms with Crippen LogP contribution in [0.25, 0.3) is 0 Å². The molecule has 0 aromatic rings. The fourth-order valence-corrected chi connectivity index (χ4v) is 4.73. The van der Waals surface area contributed by atoms with E-state index in [9.17, 15) is 4.79 Å². The van der Waals surface area contributed by atoms with Gasteiger partial charge in [-0.2, -0.15) is 0 Å². The lowest BCUT2D eigenvalue weighted by atomic mass is 9.78. The van der Waals surface area contributed by atoms with Crippen molar-refractivity contribution in [1.29, 1.82) is 0 Å².